The van der Waals surface area contributed by atoms with E-state index in [1.165, 1.54) is 31.6 Å². The summed E-state index contributed by atoms with van der Waals surface area (Å²) in [5, 5.41) is 3.65. The molecule has 1 aromatic rings. The van der Waals surface area contributed by atoms with Crippen LogP contribution in [0.5, 0.6) is 5.75 Å². The molecule has 2 aliphatic rings. The molecule has 6 nitrogen and oxygen atoms in total. The Kier molecular flexibility index (Phi) is 7.43. The Bertz CT molecular complexity index is 622. The highest BCUT2D eigenvalue weighted by Gasteiger charge is 2.24. The molecule has 2 aliphatic heterocycles. The van der Waals surface area contributed by atoms with Crippen LogP contribution in [0.15, 0.2) is 29.3 Å². The number of nitrogens with zero attached hydrogens (tertiary/aromatic N) is 4. The van der Waals surface area contributed by atoms with Crippen LogP contribution in [0.2, 0.25) is 0 Å². The molecule has 0 saturated carbocycles. The van der Waals surface area contributed by atoms with Gasteiger partial charge < -0.3 is 24.8 Å². The topological polar surface area (TPSA) is 43.3 Å². The van der Waals surface area contributed by atoms with E-state index in [1.54, 1.807) is 7.11 Å². The molecule has 1 aromatic carbocycles. The SMILES string of the molecule is CN=C(NCC1CCCN(C(C)C)C1)N1CCN(c2ccc(OC)cc2)CC1. The lowest BCUT2D eigenvalue weighted by molar-refractivity contribution is 0.140. The molecule has 1 unspecified atom stereocenters. The van der Waals surface area contributed by atoms with Gasteiger partial charge in [0.1, 0.15) is 5.75 Å². The van der Waals surface area contributed by atoms with Crippen molar-refractivity contribution in [1.29, 1.82) is 0 Å². The van der Waals surface area contributed by atoms with E-state index in [9.17, 15) is 0 Å². The molecule has 2 heterocycles. The molecule has 0 amide bonds. The van der Waals surface area contributed by atoms with E-state index >= 15 is 0 Å². The second-order valence-electron chi connectivity index (χ2n) is 8.20. The molecule has 0 bridgehead atoms. The lowest BCUT2D eigenvalue weighted by atomic mass is 9.97. The predicted octanol–water partition coefficient (Wildman–Crippen LogP) is 2.51. The number of rotatable bonds is 5. The largest absolute Gasteiger partial charge is 0.497 e. The minimum Gasteiger partial charge on any atom is -0.497 e. The zero-order chi connectivity index (χ0) is 19.9. The first-order chi connectivity index (χ1) is 13.6. The lowest BCUT2D eigenvalue weighted by Crippen LogP contribution is -2.53. The highest BCUT2D eigenvalue weighted by Crippen LogP contribution is 2.21. The first-order valence-corrected chi connectivity index (χ1v) is 10.7. The van der Waals surface area contributed by atoms with Crippen LogP contribution < -0.4 is 15.0 Å². The number of hydrogen-bond acceptors (Lipinski definition) is 4. The van der Waals surface area contributed by atoms with Gasteiger partial charge in [0.2, 0.25) is 0 Å². The van der Waals surface area contributed by atoms with E-state index in [0.29, 0.717) is 12.0 Å². The van der Waals surface area contributed by atoms with E-state index in [1.807, 2.05) is 19.2 Å². The summed E-state index contributed by atoms with van der Waals surface area (Å²) in [6.07, 6.45) is 2.63. The summed E-state index contributed by atoms with van der Waals surface area (Å²) < 4.78 is 5.26. The van der Waals surface area contributed by atoms with Crippen LogP contribution >= 0.6 is 0 Å². The second-order valence-corrected chi connectivity index (χ2v) is 8.20. The van der Waals surface area contributed by atoms with Crippen LogP contribution in [-0.4, -0.2) is 81.8 Å². The molecule has 156 valence electrons. The maximum Gasteiger partial charge on any atom is 0.193 e. The van der Waals surface area contributed by atoms with E-state index in [4.69, 9.17) is 4.74 Å². The van der Waals surface area contributed by atoms with Gasteiger partial charge in [-0.25, -0.2) is 0 Å². The summed E-state index contributed by atoms with van der Waals surface area (Å²) in [7, 11) is 3.61. The normalized spacial score (nSPS) is 21.9. The molecule has 2 fully saturated rings. The van der Waals surface area contributed by atoms with Gasteiger partial charge in [-0.3, -0.25) is 4.99 Å². The fourth-order valence-electron chi connectivity index (χ4n) is 4.27. The monoisotopic (exact) mass is 387 g/mol. The fraction of sp³-hybridized carbons (Fsp3) is 0.682. The Morgan fingerprint density at radius 2 is 1.86 bits per heavy atom. The van der Waals surface area contributed by atoms with Crippen LogP contribution in [0.3, 0.4) is 0 Å². The number of likely N-dealkylation sites (tertiary alicyclic amines) is 1. The van der Waals surface area contributed by atoms with Crippen molar-refractivity contribution in [3.8, 4) is 5.75 Å². The molecule has 0 spiro atoms. The number of piperidine rings is 1. The Labute approximate surface area is 170 Å². The summed E-state index contributed by atoms with van der Waals surface area (Å²) in [5.41, 5.74) is 1.26. The molecule has 0 aliphatic carbocycles. The van der Waals surface area contributed by atoms with Crippen molar-refractivity contribution < 1.29 is 4.74 Å². The Morgan fingerprint density at radius 1 is 1.14 bits per heavy atom. The van der Waals surface area contributed by atoms with Gasteiger partial charge in [-0.15, -0.1) is 0 Å². The van der Waals surface area contributed by atoms with Crippen LogP contribution in [0, 0.1) is 5.92 Å². The Morgan fingerprint density at radius 3 is 2.46 bits per heavy atom. The first-order valence-electron chi connectivity index (χ1n) is 10.7. The summed E-state index contributed by atoms with van der Waals surface area (Å²) in [5.74, 6) is 2.68. The number of guanidine groups is 1. The highest BCUT2D eigenvalue weighted by molar-refractivity contribution is 5.80. The maximum atomic E-state index is 5.26. The highest BCUT2D eigenvalue weighted by atomic mass is 16.5. The third-order valence-corrected chi connectivity index (χ3v) is 6.06. The van der Waals surface area contributed by atoms with Gasteiger partial charge in [0.15, 0.2) is 5.96 Å². The Balaban J connectivity index is 1.47. The predicted molar refractivity (Wildman–Crippen MR) is 118 cm³/mol. The molecule has 0 aromatic heterocycles. The van der Waals surface area contributed by atoms with Crippen molar-refractivity contribution in [3.05, 3.63) is 24.3 Å². The smallest absolute Gasteiger partial charge is 0.193 e. The van der Waals surface area contributed by atoms with Gasteiger partial charge in [0.05, 0.1) is 7.11 Å². The number of piperazine rings is 1. The number of nitrogens with one attached hydrogen (secondary N) is 1. The zero-order valence-electron chi connectivity index (χ0n) is 18.0. The minimum absolute atomic E-state index is 0.646. The van der Waals surface area contributed by atoms with Crippen LogP contribution in [0.1, 0.15) is 26.7 Å². The minimum atomic E-state index is 0.646. The van der Waals surface area contributed by atoms with E-state index in [-0.39, 0.29) is 0 Å². The van der Waals surface area contributed by atoms with Gasteiger partial charge in [-0.1, -0.05) is 0 Å². The summed E-state index contributed by atoms with van der Waals surface area (Å²) in [6, 6.07) is 9.00. The Hall–Kier alpha value is -1.95. The number of methoxy groups -OCH3 is 1. The van der Waals surface area contributed by atoms with E-state index < -0.39 is 0 Å². The number of anilines is 1. The third-order valence-electron chi connectivity index (χ3n) is 6.06. The second kappa shape index (κ2) is 10.0. The van der Waals surface area contributed by atoms with E-state index in [0.717, 1.165) is 44.4 Å². The van der Waals surface area contributed by atoms with Crippen molar-refractivity contribution >= 4 is 11.6 Å². The standard InChI is InChI=1S/C22H37N5O/c1-18(2)27-11-5-6-19(17-27)16-24-22(23-3)26-14-12-25(13-15-26)20-7-9-21(28-4)10-8-20/h7-10,18-19H,5-6,11-17H2,1-4H3,(H,23,24). The van der Waals surface area contributed by atoms with Crippen molar-refractivity contribution in [2.24, 2.45) is 10.9 Å². The number of aliphatic imine (C=N–C) groups is 1. The number of benzene rings is 1. The quantitative estimate of drug-likeness (QED) is 0.621. The summed E-state index contributed by atoms with van der Waals surface area (Å²) in [6.45, 7) is 12.1. The fourth-order valence-corrected chi connectivity index (χ4v) is 4.27. The zero-order valence-corrected chi connectivity index (χ0v) is 18.0. The van der Waals surface area contributed by atoms with Gasteiger partial charge in [0.25, 0.3) is 0 Å². The number of hydrogen-bond donors (Lipinski definition) is 1. The molecular weight excluding hydrogens is 350 g/mol. The average Bonchev–Trinajstić information content (AvgIpc) is 2.75. The van der Waals surface area contributed by atoms with Gasteiger partial charge in [0, 0.05) is 58.0 Å². The first kappa shape index (κ1) is 20.8. The number of ether oxygens (including phenoxy) is 1. The van der Waals surface area contributed by atoms with Gasteiger partial charge in [-0.05, 0) is 63.4 Å². The van der Waals surface area contributed by atoms with Crippen LogP contribution in [0.25, 0.3) is 0 Å². The maximum absolute atomic E-state index is 5.26. The molecule has 3 rings (SSSR count). The van der Waals surface area contributed by atoms with Crippen molar-refractivity contribution in [3.63, 3.8) is 0 Å². The van der Waals surface area contributed by atoms with Crippen LogP contribution in [0.4, 0.5) is 5.69 Å². The van der Waals surface area contributed by atoms with Gasteiger partial charge >= 0.3 is 0 Å². The molecule has 1 atom stereocenters. The lowest BCUT2D eigenvalue weighted by Gasteiger charge is -2.39. The third kappa shape index (κ3) is 5.31. The molecule has 28 heavy (non-hydrogen) atoms. The van der Waals surface area contributed by atoms with Gasteiger partial charge in [-0.2, -0.15) is 0 Å². The molecule has 1 N–H and O–H groups in total. The molecule has 2 saturated heterocycles. The molecule has 0 radical (unpaired) electrons. The van der Waals surface area contributed by atoms with E-state index in [2.05, 4.69) is 51.0 Å². The average molecular weight is 388 g/mol. The van der Waals surface area contributed by atoms with Crippen molar-refractivity contribution in [2.45, 2.75) is 32.7 Å². The molecule has 6 heteroatoms. The van der Waals surface area contributed by atoms with Crippen molar-refractivity contribution in [2.75, 3.05) is 64.9 Å². The van der Waals surface area contributed by atoms with Crippen molar-refractivity contribution in [1.82, 2.24) is 15.1 Å². The summed E-state index contributed by atoms with van der Waals surface area (Å²) in [4.78, 5) is 12.0. The summed E-state index contributed by atoms with van der Waals surface area (Å²) >= 11 is 0. The molecular formula is C22H37N5O. The van der Waals surface area contributed by atoms with Crippen LogP contribution in [-0.2, 0) is 0 Å².